The Labute approximate surface area is 197 Å². The number of piperidine rings is 1. The van der Waals surface area contributed by atoms with Gasteiger partial charge < -0.3 is 15.4 Å². The molecule has 1 aromatic carbocycles. The number of nitrogens with zero attached hydrogens (tertiary/aromatic N) is 4. The fourth-order valence-corrected chi connectivity index (χ4v) is 3.81. The zero-order valence-electron chi connectivity index (χ0n) is 18.1. The molecule has 1 aliphatic heterocycles. The second-order valence-corrected chi connectivity index (χ2v) is 7.39. The highest BCUT2D eigenvalue weighted by Gasteiger charge is 2.22. The number of guanidine groups is 1. The quantitative estimate of drug-likeness (QED) is 0.227. The van der Waals surface area contributed by atoms with E-state index in [2.05, 4.69) is 49.9 Å². The van der Waals surface area contributed by atoms with Crippen LogP contribution in [0.2, 0.25) is 0 Å². The van der Waals surface area contributed by atoms with Gasteiger partial charge in [0.15, 0.2) is 5.96 Å². The van der Waals surface area contributed by atoms with Gasteiger partial charge in [0, 0.05) is 39.1 Å². The lowest BCUT2D eigenvalue weighted by Gasteiger charge is -2.35. The lowest BCUT2D eigenvalue weighted by molar-refractivity contribution is 0.164. The Balaban J connectivity index is 0.00000320. The minimum absolute atomic E-state index is 0. The largest absolute Gasteiger partial charge is 0.497 e. The van der Waals surface area contributed by atoms with Crippen molar-refractivity contribution >= 4 is 29.9 Å². The summed E-state index contributed by atoms with van der Waals surface area (Å²) in [5, 5.41) is 11.2. The molecule has 1 fully saturated rings. The van der Waals surface area contributed by atoms with Gasteiger partial charge in [-0.25, -0.2) is 0 Å². The highest BCUT2D eigenvalue weighted by Crippen LogP contribution is 2.25. The minimum atomic E-state index is 0. The monoisotopic (exact) mass is 526 g/mol. The third-order valence-corrected chi connectivity index (χ3v) is 5.43. The maximum Gasteiger partial charge on any atom is 0.191 e. The van der Waals surface area contributed by atoms with Gasteiger partial charge in [-0.2, -0.15) is 5.10 Å². The first-order valence-corrected chi connectivity index (χ1v) is 10.6. The van der Waals surface area contributed by atoms with Crippen molar-refractivity contribution in [3.63, 3.8) is 0 Å². The van der Waals surface area contributed by atoms with Gasteiger partial charge >= 0.3 is 0 Å². The molecule has 1 unspecified atom stereocenters. The van der Waals surface area contributed by atoms with Gasteiger partial charge in [-0.3, -0.25) is 14.6 Å². The SMILES string of the molecule is CN=C(NCCCn1cccn1)NCC(c1ccc(OC)cc1)N1CCCCC1.I. The molecule has 0 saturated carbocycles. The molecule has 2 heterocycles. The van der Waals surface area contributed by atoms with Gasteiger partial charge in [-0.15, -0.1) is 24.0 Å². The van der Waals surface area contributed by atoms with Gasteiger partial charge in [-0.1, -0.05) is 18.6 Å². The van der Waals surface area contributed by atoms with E-state index in [0.29, 0.717) is 6.04 Å². The normalized spacial score (nSPS) is 15.9. The van der Waals surface area contributed by atoms with Crippen LogP contribution >= 0.6 is 24.0 Å². The van der Waals surface area contributed by atoms with Gasteiger partial charge in [0.1, 0.15) is 5.75 Å². The number of aliphatic imine (C=N–C) groups is 1. The molecule has 0 spiro atoms. The molecule has 0 bridgehead atoms. The molecule has 1 atom stereocenters. The Morgan fingerprint density at radius 1 is 1.17 bits per heavy atom. The van der Waals surface area contributed by atoms with Crippen LogP contribution in [-0.4, -0.2) is 61.0 Å². The van der Waals surface area contributed by atoms with Crippen LogP contribution in [-0.2, 0) is 6.54 Å². The fraction of sp³-hybridized carbons (Fsp3) is 0.545. The van der Waals surface area contributed by atoms with Crippen molar-refractivity contribution in [2.45, 2.75) is 38.3 Å². The summed E-state index contributed by atoms with van der Waals surface area (Å²) in [7, 11) is 3.53. The van der Waals surface area contributed by atoms with Crippen LogP contribution in [0.3, 0.4) is 0 Å². The van der Waals surface area contributed by atoms with E-state index in [-0.39, 0.29) is 24.0 Å². The third-order valence-electron chi connectivity index (χ3n) is 5.43. The number of aryl methyl sites for hydroxylation is 1. The Morgan fingerprint density at radius 2 is 1.93 bits per heavy atom. The number of benzene rings is 1. The van der Waals surface area contributed by atoms with E-state index >= 15 is 0 Å². The number of rotatable bonds is 9. The summed E-state index contributed by atoms with van der Waals surface area (Å²) in [4.78, 5) is 6.98. The maximum atomic E-state index is 5.33. The predicted molar refractivity (Wildman–Crippen MR) is 133 cm³/mol. The Kier molecular flexibility index (Phi) is 11.0. The summed E-state index contributed by atoms with van der Waals surface area (Å²) in [5.74, 6) is 1.75. The maximum absolute atomic E-state index is 5.33. The second-order valence-electron chi connectivity index (χ2n) is 7.39. The average Bonchev–Trinajstić information content (AvgIpc) is 3.30. The molecule has 8 heteroatoms. The molecule has 166 valence electrons. The molecule has 30 heavy (non-hydrogen) atoms. The smallest absolute Gasteiger partial charge is 0.191 e. The van der Waals surface area contributed by atoms with E-state index in [1.54, 1.807) is 7.11 Å². The minimum Gasteiger partial charge on any atom is -0.497 e. The number of nitrogens with one attached hydrogen (secondary N) is 2. The first-order valence-electron chi connectivity index (χ1n) is 10.6. The molecule has 0 radical (unpaired) electrons. The zero-order valence-corrected chi connectivity index (χ0v) is 20.4. The summed E-state index contributed by atoms with van der Waals surface area (Å²) in [6.07, 6.45) is 8.67. The van der Waals surface area contributed by atoms with Crippen molar-refractivity contribution in [3.8, 4) is 5.75 Å². The Hall–Kier alpha value is -1.81. The highest BCUT2D eigenvalue weighted by atomic mass is 127. The van der Waals surface area contributed by atoms with Crippen molar-refractivity contribution < 1.29 is 4.74 Å². The molecule has 2 aromatic rings. The molecular weight excluding hydrogens is 491 g/mol. The van der Waals surface area contributed by atoms with E-state index in [1.165, 1.54) is 24.8 Å². The summed E-state index contributed by atoms with van der Waals surface area (Å²) in [6, 6.07) is 10.7. The average molecular weight is 526 g/mol. The number of methoxy groups -OCH3 is 1. The van der Waals surface area contributed by atoms with Crippen LogP contribution in [0.25, 0.3) is 0 Å². The van der Waals surface area contributed by atoms with Crippen LogP contribution in [0.1, 0.15) is 37.3 Å². The van der Waals surface area contributed by atoms with Crippen LogP contribution in [0, 0.1) is 0 Å². The van der Waals surface area contributed by atoms with Crippen LogP contribution < -0.4 is 15.4 Å². The molecule has 1 aliphatic rings. The first-order chi connectivity index (χ1) is 14.3. The van der Waals surface area contributed by atoms with E-state index in [9.17, 15) is 0 Å². The molecular formula is C22H35IN6O. The molecule has 3 rings (SSSR count). The highest BCUT2D eigenvalue weighted by molar-refractivity contribution is 14.0. The number of halogens is 1. The molecule has 1 saturated heterocycles. The lowest BCUT2D eigenvalue weighted by Crippen LogP contribution is -2.44. The van der Waals surface area contributed by atoms with Gasteiger partial charge in [-0.05, 0) is 56.1 Å². The van der Waals surface area contributed by atoms with E-state index in [0.717, 1.165) is 50.9 Å². The van der Waals surface area contributed by atoms with E-state index in [4.69, 9.17) is 4.74 Å². The van der Waals surface area contributed by atoms with E-state index < -0.39 is 0 Å². The Morgan fingerprint density at radius 3 is 2.57 bits per heavy atom. The van der Waals surface area contributed by atoms with Crippen molar-refractivity contribution in [2.75, 3.05) is 40.3 Å². The summed E-state index contributed by atoms with van der Waals surface area (Å²) >= 11 is 0. The molecule has 1 aromatic heterocycles. The first kappa shape index (κ1) is 24.5. The summed E-state index contributed by atoms with van der Waals surface area (Å²) in [5.41, 5.74) is 1.31. The second kappa shape index (κ2) is 13.5. The predicted octanol–water partition coefficient (Wildman–Crippen LogP) is 3.29. The van der Waals surface area contributed by atoms with Crippen molar-refractivity contribution in [1.82, 2.24) is 25.3 Å². The lowest BCUT2D eigenvalue weighted by atomic mass is 10.0. The van der Waals surface area contributed by atoms with Gasteiger partial charge in [0.25, 0.3) is 0 Å². The topological polar surface area (TPSA) is 66.7 Å². The fourth-order valence-electron chi connectivity index (χ4n) is 3.81. The number of hydrogen-bond acceptors (Lipinski definition) is 4. The molecule has 0 aliphatic carbocycles. The number of hydrogen-bond donors (Lipinski definition) is 2. The van der Waals surface area contributed by atoms with E-state index in [1.807, 2.05) is 30.2 Å². The molecule has 7 nitrogen and oxygen atoms in total. The van der Waals surface area contributed by atoms with Crippen molar-refractivity contribution in [3.05, 3.63) is 48.3 Å². The van der Waals surface area contributed by atoms with Crippen molar-refractivity contribution in [2.24, 2.45) is 4.99 Å². The van der Waals surface area contributed by atoms with Crippen LogP contribution in [0.4, 0.5) is 0 Å². The number of aromatic nitrogens is 2. The zero-order chi connectivity index (χ0) is 20.3. The summed E-state index contributed by atoms with van der Waals surface area (Å²) < 4.78 is 7.28. The molecule has 2 N–H and O–H groups in total. The molecule has 0 amide bonds. The van der Waals surface area contributed by atoms with Crippen LogP contribution in [0.5, 0.6) is 5.75 Å². The number of likely N-dealkylation sites (tertiary alicyclic amines) is 1. The van der Waals surface area contributed by atoms with Crippen molar-refractivity contribution in [1.29, 1.82) is 0 Å². The van der Waals surface area contributed by atoms with Gasteiger partial charge in [0.05, 0.1) is 13.2 Å². The third kappa shape index (κ3) is 7.46. The standard InChI is InChI=1S/C22H34N6O.HI/c1-23-22(24-12-6-16-28-17-7-13-26-28)25-18-21(27-14-4-3-5-15-27)19-8-10-20(29-2)11-9-19;/h7-11,13,17,21H,3-6,12,14-16,18H2,1-2H3,(H2,23,24,25);1H. The number of ether oxygens (including phenoxy) is 1. The van der Waals surface area contributed by atoms with Gasteiger partial charge in [0.2, 0.25) is 0 Å². The van der Waals surface area contributed by atoms with Crippen LogP contribution in [0.15, 0.2) is 47.7 Å². The Bertz CT molecular complexity index is 729. The summed E-state index contributed by atoms with van der Waals surface area (Å²) in [6.45, 7) is 4.88.